The number of carbonyl (C=O) groups is 1. The topological polar surface area (TPSA) is 61.8 Å². The van der Waals surface area contributed by atoms with Crippen LogP contribution < -0.4 is 9.64 Å². The van der Waals surface area contributed by atoms with Crippen molar-refractivity contribution in [1.29, 1.82) is 0 Å². The zero-order chi connectivity index (χ0) is 22.7. The van der Waals surface area contributed by atoms with Crippen molar-refractivity contribution in [2.75, 3.05) is 51.8 Å². The largest absolute Gasteiger partial charge is 0.489 e. The Balaban J connectivity index is 1.57. The molecule has 3 heterocycles. The molecule has 2 aromatic rings. The van der Waals surface area contributed by atoms with Crippen molar-refractivity contribution >= 4 is 11.7 Å². The van der Waals surface area contributed by atoms with Crippen LogP contribution in [0.3, 0.4) is 0 Å². The number of likely N-dealkylation sites (N-methyl/N-ethyl adjacent to an activating group) is 2. The van der Waals surface area contributed by atoms with Crippen molar-refractivity contribution in [2.24, 2.45) is 0 Å². The van der Waals surface area contributed by atoms with Gasteiger partial charge in [-0.15, -0.1) is 0 Å². The van der Waals surface area contributed by atoms with E-state index >= 15 is 0 Å². The van der Waals surface area contributed by atoms with Gasteiger partial charge in [0.25, 0.3) is 0 Å². The quantitative estimate of drug-likeness (QED) is 0.687. The molecule has 1 atom stereocenters. The maximum absolute atomic E-state index is 13.9. The number of carbonyl (C=O) groups excluding carboxylic acids is 1. The van der Waals surface area contributed by atoms with Gasteiger partial charge in [0.2, 0.25) is 5.91 Å². The van der Waals surface area contributed by atoms with Crippen molar-refractivity contribution in [3.8, 4) is 5.75 Å². The molecule has 4 rings (SSSR count). The summed E-state index contributed by atoms with van der Waals surface area (Å²) in [6.07, 6.45) is 2.96. The number of ether oxygens (including phenoxy) is 1. The van der Waals surface area contributed by atoms with Crippen LogP contribution in [-0.4, -0.2) is 72.6 Å². The highest BCUT2D eigenvalue weighted by molar-refractivity contribution is 5.74. The van der Waals surface area contributed by atoms with Crippen LogP contribution in [0.15, 0.2) is 24.3 Å². The number of para-hydroxylation sites is 1. The van der Waals surface area contributed by atoms with Crippen LogP contribution in [0.25, 0.3) is 0 Å². The SMILES string of the molecule is CC(=O)N1CCc2nc(C3CCCN(C)C3)nc(N(C)CCOc3ccccc3F)c2C1. The molecule has 1 aromatic heterocycles. The first-order valence-electron chi connectivity index (χ1n) is 11.3. The van der Waals surface area contributed by atoms with Gasteiger partial charge in [0.05, 0.1) is 18.8 Å². The van der Waals surface area contributed by atoms with E-state index in [-0.39, 0.29) is 17.5 Å². The fourth-order valence-corrected chi connectivity index (χ4v) is 4.52. The number of nitrogens with zero attached hydrogens (tertiary/aromatic N) is 5. The zero-order valence-electron chi connectivity index (χ0n) is 19.2. The normalized spacial score (nSPS) is 18.9. The van der Waals surface area contributed by atoms with Crippen LogP contribution >= 0.6 is 0 Å². The zero-order valence-corrected chi connectivity index (χ0v) is 19.2. The predicted octanol–water partition coefficient (Wildman–Crippen LogP) is 2.84. The maximum atomic E-state index is 13.9. The second kappa shape index (κ2) is 9.81. The van der Waals surface area contributed by atoms with Crippen molar-refractivity contribution < 1.29 is 13.9 Å². The van der Waals surface area contributed by atoms with E-state index in [1.54, 1.807) is 25.1 Å². The van der Waals surface area contributed by atoms with E-state index in [1.165, 1.54) is 6.07 Å². The van der Waals surface area contributed by atoms with Gasteiger partial charge in [-0.2, -0.15) is 0 Å². The van der Waals surface area contributed by atoms with E-state index in [2.05, 4.69) is 11.9 Å². The number of hydrogen-bond donors (Lipinski definition) is 0. The summed E-state index contributed by atoms with van der Waals surface area (Å²) >= 11 is 0. The van der Waals surface area contributed by atoms with E-state index in [4.69, 9.17) is 14.7 Å². The van der Waals surface area contributed by atoms with Crippen molar-refractivity contribution in [3.05, 3.63) is 47.2 Å². The third-order valence-electron chi connectivity index (χ3n) is 6.37. The third kappa shape index (κ3) is 5.01. The van der Waals surface area contributed by atoms with Crippen LogP contribution in [0.5, 0.6) is 5.75 Å². The van der Waals surface area contributed by atoms with Crippen LogP contribution in [0.4, 0.5) is 10.2 Å². The number of halogens is 1. The molecule has 7 nitrogen and oxygen atoms in total. The number of hydrogen-bond acceptors (Lipinski definition) is 6. The molecule has 2 aliphatic rings. The molecule has 0 radical (unpaired) electrons. The molecule has 0 saturated carbocycles. The maximum Gasteiger partial charge on any atom is 0.219 e. The van der Waals surface area contributed by atoms with Crippen LogP contribution in [0, 0.1) is 5.82 Å². The Kier molecular flexibility index (Phi) is 6.89. The number of piperidine rings is 1. The minimum Gasteiger partial charge on any atom is -0.489 e. The van der Waals surface area contributed by atoms with Gasteiger partial charge < -0.3 is 19.4 Å². The molecule has 0 bridgehead atoms. The minimum absolute atomic E-state index is 0.0603. The summed E-state index contributed by atoms with van der Waals surface area (Å²) < 4.78 is 19.5. The molecule has 1 aromatic carbocycles. The lowest BCUT2D eigenvalue weighted by Gasteiger charge is -2.33. The fourth-order valence-electron chi connectivity index (χ4n) is 4.52. The fraction of sp³-hybridized carbons (Fsp3) is 0.542. The lowest BCUT2D eigenvalue weighted by molar-refractivity contribution is -0.129. The van der Waals surface area contributed by atoms with E-state index in [0.717, 1.165) is 55.3 Å². The summed E-state index contributed by atoms with van der Waals surface area (Å²) in [5, 5.41) is 0. The van der Waals surface area contributed by atoms with Crippen molar-refractivity contribution in [1.82, 2.24) is 19.8 Å². The Morgan fingerprint density at radius 2 is 2.09 bits per heavy atom. The van der Waals surface area contributed by atoms with Gasteiger partial charge in [-0.05, 0) is 38.6 Å². The van der Waals surface area contributed by atoms with Crippen molar-refractivity contribution in [2.45, 2.75) is 38.6 Å². The molecule has 0 N–H and O–H groups in total. The Labute approximate surface area is 189 Å². The second-order valence-electron chi connectivity index (χ2n) is 8.82. The summed E-state index contributed by atoms with van der Waals surface area (Å²) in [5.74, 6) is 2.00. The summed E-state index contributed by atoms with van der Waals surface area (Å²) in [7, 11) is 4.11. The van der Waals surface area contributed by atoms with Gasteiger partial charge in [0.1, 0.15) is 18.2 Å². The average molecular weight is 442 g/mol. The van der Waals surface area contributed by atoms with Gasteiger partial charge in [0.15, 0.2) is 11.6 Å². The van der Waals surface area contributed by atoms with Crippen LogP contribution in [0.2, 0.25) is 0 Å². The Hall–Kier alpha value is -2.74. The Morgan fingerprint density at radius 1 is 1.28 bits per heavy atom. The number of anilines is 1. The molecule has 172 valence electrons. The molecule has 2 aliphatic heterocycles. The van der Waals surface area contributed by atoms with E-state index in [1.807, 2.05) is 16.8 Å². The van der Waals surface area contributed by atoms with Gasteiger partial charge >= 0.3 is 0 Å². The van der Waals surface area contributed by atoms with Gasteiger partial charge in [-0.25, -0.2) is 14.4 Å². The molecular weight excluding hydrogens is 409 g/mol. The summed E-state index contributed by atoms with van der Waals surface area (Å²) in [6, 6.07) is 6.42. The highest BCUT2D eigenvalue weighted by atomic mass is 19.1. The summed E-state index contributed by atoms with van der Waals surface area (Å²) in [5.41, 5.74) is 2.05. The van der Waals surface area contributed by atoms with Crippen LogP contribution in [-0.2, 0) is 17.8 Å². The molecule has 1 amide bonds. The number of likely N-dealkylation sites (tertiary alicyclic amines) is 1. The molecule has 1 saturated heterocycles. The van der Waals surface area contributed by atoms with Crippen molar-refractivity contribution in [3.63, 3.8) is 0 Å². The van der Waals surface area contributed by atoms with E-state index in [0.29, 0.717) is 32.2 Å². The molecule has 0 aliphatic carbocycles. The molecule has 32 heavy (non-hydrogen) atoms. The molecule has 8 heteroatoms. The second-order valence-corrected chi connectivity index (χ2v) is 8.82. The van der Waals surface area contributed by atoms with Gasteiger partial charge in [-0.1, -0.05) is 12.1 Å². The summed E-state index contributed by atoms with van der Waals surface area (Å²) in [6.45, 7) is 5.74. The lowest BCUT2D eigenvalue weighted by atomic mass is 9.96. The van der Waals surface area contributed by atoms with Gasteiger partial charge in [-0.3, -0.25) is 4.79 Å². The Bertz CT molecular complexity index is 969. The first-order chi connectivity index (χ1) is 15.4. The number of benzene rings is 1. The molecule has 0 spiro atoms. The highest BCUT2D eigenvalue weighted by Crippen LogP contribution is 2.31. The summed E-state index contributed by atoms with van der Waals surface area (Å²) in [4.78, 5) is 28.2. The average Bonchev–Trinajstić information content (AvgIpc) is 2.79. The first kappa shape index (κ1) is 22.5. The Morgan fingerprint density at radius 3 is 2.84 bits per heavy atom. The lowest BCUT2D eigenvalue weighted by Crippen LogP contribution is -2.38. The molecule has 1 fully saturated rings. The molecular formula is C24H32FN5O2. The first-order valence-corrected chi connectivity index (χ1v) is 11.3. The number of amides is 1. The number of fused-ring (bicyclic) bond motifs is 1. The van der Waals surface area contributed by atoms with Gasteiger partial charge in [0, 0.05) is 45.0 Å². The minimum atomic E-state index is -0.365. The number of aromatic nitrogens is 2. The van der Waals surface area contributed by atoms with Crippen LogP contribution in [0.1, 0.15) is 42.8 Å². The predicted molar refractivity (Wildman–Crippen MR) is 121 cm³/mol. The van der Waals surface area contributed by atoms with E-state index in [9.17, 15) is 9.18 Å². The smallest absolute Gasteiger partial charge is 0.219 e. The third-order valence-corrected chi connectivity index (χ3v) is 6.37. The van der Waals surface area contributed by atoms with E-state index < -0.39 is 0 Å². The monoisotopic (exact) mass is 441 g/mol. The standard InChI is InChI=1S/C24H32FN5O2/c1-17(31)30-12-10-21-19(16-30)24(27-23(26-21)18-7-6-11-28(2)15-18)29(3)13-14-32-22-9-5-4-8-20(22)25/h4-5,8-9,18H,6-7,10-16H2,1-3H3. The number of rotatable bonds is 6. The molecule has 1 unspecified atom stereocenters. The highest BCUT2D eigenvalue weighted by Gasteiger charge is 2.28.